The van der Waals surface area contributed by atoms with Gasteiger partial charge in [0.15, 0.2) is 0 Å². The van der Waals surface area contributed by atoms with Gasteiger partial charge in [0, 0.05) is 6.07 Å². The summed E-state index contributed by atoms with van der Waals surface area (Å²) in [6.45, 7) is 6.27. The Labute approximate surface area is 115 Å². The van der Waals surface area contributed by atoms with E-state index in [0.717, 1.165) is 12.3 Å². The van der Waals surface area contributed by atoms with E-state index >= 15 is 0 Å². The van der Waals surface area contributed by atoms with Crippen molar-refractivity contribution in [3.05, 3.63) is 33.1 Å². The van der Waals surface area contributed by atoms with Gasteiger partial charge in [0.2, 0.25) is 0 Å². The van der Waals surface area contributed by atoms with E-state index < -0.39 is 10.9 Å². The summed E-state index contributed by atoms with van der Waals surface area (Å²) in [5, 5.41) is 10.5. The Kier molecular flexibility index (Phi) is 4.83. The van der Waals surface area contributed by atoms with E-state index in [1.807, 2.05) is 20.8 Å². The zero-order valence-electron chi connectivity index (χ0n) is 11.0. The number of carbonyl (C=O) groups excluding carboxylic acids is 1. The Morgan fingerprint density at radius 2 is 2.16 bits per heavy atom. The first kappa shape index (κ1) is 15.4. The maximum absolute atomic E-state index is 11.8. The van der Waals surface area contributed by atoms with Crippen molar-refractivity contribution in [2.75, 3.05) is 6.61 Å². The Bertz CT molecular complexity index is 497. The maximum Gasteiger partial charge on any atom is 0.341 e. The molecule has 0 fully saturated rings. The summed E-state index contributed by atoms with van der Waals surface area (Å²) < 4.78 is 5.03. The predicted octanol–water partition coefficient (Wildman–Crippen LogP) is 3.24. The molecule has 0 atom stereocenters. The van der Waals surface area contributed by atoms with Gasteiger partial charge in [-0.25, -0.2) is 9.78 Å². The van der Waals surface area contributed by atoms with Crippen molar-refractivity contribution >= 4 is 23.3 Å². The van der Waals surface area contributed by atoms with Crippen LogP contribution in [-0.2, 0) is 4.74 Å². The smallest absolute Gasteiger partial charge is 0.341 e. The molecule has 0 spiro atoms. The lowest BCUT2D eigenvalue weighted by molar-refractivity contribution is -0.385. The number of aromatic nitrogens is 1. The van der Waals surface area contributed by atoms with Crippen LogP contribution in [0.2, 0.25) is 5.15 Å². The minimum atomic E-state index is -0.703. The molecular weight excluding hydrogens is 272 g/mol. The van der Waals surface area contributed by atoms with Crippen molar-refractivity contribution < 1.29 is 14.5 Å². The zero-order chi connectivity index (χ0) is 14.6. The van der Waals surface area contributed by atoms with Gasteiger partial charge in [0.25, 0.3) is 5.69 Å². The Hall–Kier alpha value is -1.69. The molecule has 6 nitrogen and oxygen atoms in total. The minimum Gasteiger partial charge on any atom is -0.462 e. The summed E-state index contributed by atoms with van der Waals surface area (Å²) in [5.74, 6) is -0.703. The van der Waals surface area contributed by atoms with Crippen LogP contribution in [0, 0.1) is 15.5 Å². The van der Waals surface area contributed by atoms with Crippen molar-refractivity contribution in [2.45, 2.75) is 27.2 Å². The monoisotopic (exact) mass is 286 g/mol. The first-order valence-electron chi connectivity index (χ1n) is 5.68. The number of nitrogens with zero attached hydrogens (tertiary/aromatic N) is 2. The van der Waals surface area contributed by atoms with Gasteiger partial charge in [-0.15, -0.1) is 0 Å². The van der Waals surface area contributed by atoms with Crippen molar-refractivity contribution in [3.8, 4) is 0 Å². The fraction of sp³-hybridized carbons (Fsp3) is 0.500. The van der Waals surface area contributed by atoms with Gasteiger partial charge in [-0.05, 0) is 11.8 Å². The van der Waals surface area contributed by atoms with Crippen LogP contribution >= 0.6 is 11.6 Å². The number of hydrogen-bond acceptors (Lipinski definition) is 5. The molecule has 0 unspecified atom stereocenters. The van der Waals surface area contributed by atoms with Gasteiger partial charge in [0.1, 0.15) is 16.9 Å². The number of pyridine rings is 1. The van der Waals surface area contributed by atoms with Crippen molar-refractivity contribution in [3.63, 3.8) is 0 Å². The van der Waals surface area contributed by atoms with Crippen molar-refractivity contribution in [1.82, 2.24) is 4.98 Å². The van der Waals surface area contributed by atoms with Gasteiger partial charge >= 0.3 is 5.97 Å². The third-order valence-electron chi connectivity index (χ3n) is 2.34. The van der Waals surface area contributed by atoms with Crippen LogP contribution in [0.25, 0.3) is 0 Å². The molecule has 0 aliphatic carbocycles. The highest BCUT2D eigenvalue weighted by Crippen LogP contribution is 2.21. The van der Waals surface area contributed by atoms with Gasteiger partial charge in [0.05, 0.1) is 11.5 Å². The van der Waals surface area contributed by atoms with E-state index in [1.165, 1.54) is 0 Å². The normalized spacial score (nSPS) is 11.2. The number of carbonyl (C=O) groups is 1. The number of nitro groups is 1. The van der Waals surface area contributed by atoms with E-state index in [-0.39, 0.29) is 28.4 Å². The van der Waals surface area contributed by atoms with Crippen LogP contribution in [0.5, 0.6) is 0 Å². The summed E-state index contributed by atoms with van der Waals surface area (Å²) in [5.41, 5.74) is -0.359. The number of hydrogen-bond donors (Lipinski definition) is 0. The highest BCUT2D eigenvalue weighted by atomic mass is 35.5. The van der Waals surface area contributed by atoms with Crippen LogP contribution in [0.15, 0.2) is 12.3 Å². The number of rotatable bonds is 4. The second kappa shape index (κ2) is 5.97. The quantitative estimate of drug-likeness (QED) is 0.367. The average molecular weight is 287 g/mol. The SMILES string of the molecule is CC(C)(C)CCOC(=O)c1cc([N+](=O)[O-])cnc1Cl. The maximum atomic E-state index is 11.8. The van der Waals surface area contributed by atoms with Crippen LogP contribution in [-0.4, -0.2) is 22.5 Å². The molecule has 104 valence electrons. The van der Waals surface area contributed by atoms with Crippen LogP contribution in [0.1, 0.15) is 37.6 Å². The average Bonchev–Trinajstić information content (AvgIpc) is 2.27. The second-order valence-corrected chi connectivity index (χ2v) is 5.59. The first-order valence-corrected chi connectivity index (χ1v) is 6.05. The summed E-state index contributed by atoms with van der Waals surface area (Å²) >= 11 is 5.73. The molecule has 19 heavy (non-hydrogen) atoms. The Balaban J connectivity index is 2.76. The minimum absolute atomic E-state index is 0.0327. The molecular formula is C12H15ClN2O4. The van der Waals surface area contributed by atoms with Crippen LogP contribution in [0.3, 0.4) is 0 Å². The molecule has 0 saturated heterocycles. The fourth-order valence-corrected chi connectivity index (χ4v) is 1.39. The molecule has 7 heteroatoms. The van der Waals surface area contributed by atoms with E-state index in [9.17, 15) is 14.9 Å². The summed E-state index contributed by atoms with van der Waals surface area (Å²) in [6, 6.07) is 1.06. The molecule has 1 rings (SSSR count). The summed E-state index contributed by atoms with van der Waals surface area (Å²) in [7, 11) is 0. The van der Waals surface area contributed by atoms with Gasteiger partial charge in [-0.3, -0.25) is 10.1 Å². The van der Waals surface area contributed by atoms with Gasteiger partial charge in [-0.2, -0.15) is 0 Å². The summed E-state index contributed by atoms with van der Waals surface area (Å²) in [6.07, 6.45) is 1.67. The van der Waals surface area contributed by atoms with Gasteiger partial charge in [-0.1, -0.05) is 32.4 Å². The summed E-state index contributed by atoms with van der Waals surface area (Å²) in [4.78, 5) is 25.3. The third kappa shape index (κ3) is 4.82. The van der Waals surface area contributed by atoms with E-state index in [2.05, 4.69) is 4.98 Å². The molecule has 1 aromatic heterocycles. The first-order chi connectivity index (χ1) is 8.70. The molecule has 0 saturated carbocycles. The van der Waals surface area contributed by atoms with Gasteiger partial charge < -0.3 is 4.74 Å². The number of ether oxygens (including phenoxy) is 1. The molecule has 0 amide bonds. The second-order valence-electron chi connectivity index (χ2n) is 5.24. The molecule has 0 N–H and O–H groups in total. The zero-order valence-corrected chi connectivity index (χ0v) is 11.7. The van der Waals surface area contributed by atoms with E-state index in [4.69, 9.17) is 16.3 Å². The molecule has 1 heterocycles. The van der Waals surface area contributed by atoms with Crippen LogP contribution in [0.4, 0.5) is 5.69 Å². The third-order valence-corrected chi connectivity index (χ3v) is 2.64. The lowest BCUT2D eigenvalue weighted by Crippen LogP contribution is -2.14. The van der Waals surface area contributed by atoms with Crippen molar-refractivity contribution in [1.29, 1.82) is 0 Å². The molecule has 1 aromatic rings. The molecule has 0 bridgehead atoms. The highest BCUT2D eigenvalue weighted by molar-refractivity contribution is 6.32. The molecule has 0 aromatic carbocycles. The number of esters is 1. The standard InChI is InChI=1S/C12H15ClN2O4/c1-12(2,3)4-5-19-11(16)9-6-8(15(17)18)7-14-10(9)13/h6-7H,4-5H2,1-3H3. The Morgan fingerprint density at radius 1 is 1.53 bits per heavy atom. The lowest BCUT2D eigenvalue weighted by Gasteiger charge is -2.17. The number of halogens is 1. The molecule has 0 aliphatic heterocycles. The topological polar surface area (TPSA) is 82.3 Å². The van der Waals surface area contributed by atoms with E-state index in [1.54, 1.807) is 0 Å². The van der Waals surface area contributed by atoms with E-state index in [0.29, 0.717) is 6.42 Å². The largest absolute Gasteiger partial charge is 0.462 e. The predicted molar refractivity (Wildman–Crippen MR) is 70.3 cm³/mol. The Morgan fingerprint density at radius 3 is 2.68 bits per heavy atom. The lowest BCUT2D eigenvalue weighted by atomic mass is 9.93. The van der Waals surface area contributed by atoms with Crippen LogP contribution < -0.4 is 0 Å². The molecule has 0 aliphatic rings. The highest BCUT2D eigenvalue weighted by Gasteiger charge is 2.19. The van der Waals surface area contributed by atoms with Crippen molar-refractivity contribution in [2.24, 2.45) is 5.41 Å². The molecule has 0 radical (unpaired) electrons. The fourth-order valence-electron chi connectivity index (χ4n) is 1.21.